The number of hydrogen-bond acceptors (Lipinski definition) is 2. The third-order valence-electron chi connectivity index (χ3n) is 1.48. The lowest BCUT2D eigenvalue weighted by molar-refractivity contribution is 0.497. The average molecular weight is 250 g/mol. The van der Waals surface area contributed by atoms with Gasteiger partial charge in [0.2, 0.25) is 0 Å². The molecule has 4 nitrogen and oxygen atoms in total. The summed E-state index contributed by atoms with van der Waals surface area (Å²) < 4.78 is 10.4. The molecule has 0 aliphatic heterocycles. The molecule has 0 fully saturated rings. The van der Waals surface area contributed by atoms with E-state index in [0.29, 0.717) is 0 Å². The van der Waals surface area contributed by atoms with Gasteiger partial charge in [-0.15, -0.1) is 4.89 Å². The molecule has 2 unspecified atom stereocenters. The number of hydrogen-bond donors (Lipinski definition) is 3. The Kier molecular flexibility index (Phi) is 4.32. The van der Waals surface area contributed by atoms with Crippen LogP contribution < -0.4 is 4.86 Å². The molecule has 7 heteroatoms. The molecule has 3 N–H and O–H groups in total. The van der Waals surface area contributed by atoms with Crippen molar-refractivity contribution in [2.75, 3.05) is 0 Å². The Labute approximate surface area is 88.0 Å². The second-order valence-electron chi connectivity index (χ2n) is 2.72. The molecule has 0 radical (unpaired) electrons. The van der Waals surface area contributed by atoms with Gasteiger partial charge in [0.05, 0.1) is 0 Å². The summed E-state index contributed by atoms with van der Waals surface area (Å²) in [5.74, 6) is 0. The Morgan fingerprint density at radius 2 is 2.00 bits per heavy atom. The van der Waals surface area contributed by atoms with E-state index in [0.717, 1.165) is 5.56 Å². The highest BCUT2D eigenvalue weighted by Gasteiger charge is 2.24. The fraction of sp³-hybridized carbons (Fsp3) is 0.143. The molecule has 1 rings (SSSR count). The Balaban J connectivity index is 2.69. The summed E-state index contributed by atoms with van der Waals surface area (Å²) in [5.41, 5.74) is 0.850. The van der Waals surface area contributed by atoms with Crippen molar-refractivity contribution in [2.45, 2.75) is 6.16 Å². The molecule has 0 bridgehead atoms. The van der Waals surface area contributed by atoms with E-state index < -0.39 is 14.6 Å². The van der Waals surface area contributed by atoms with Gasteiger partial charge in [-0.3, -0.25) is 0 Å². The highest BCUT2D eigenvalue weighted by Crippen LogP contribution is 2.44. The van der Waals surface area contributed by atoms with Crippen LogP contribution in [0.5, 0.6) is 0 Å². The topological polar surface area (TPSA) is 69.6 Å². The molecule has 14 heavy (non-hydrogen) atoms. The van der Waals surface area contributed by atoms with E-state index >= 15 is 0 Å². The van der Waals surface area contributed by atoms with E-state index in [4.69, 9.17) is 16.7 Å². The van der Waals surface area contributed by atoms with Crippen molar-refractivity contribution in [1.29, 1.82) is 0 Å². The highest BCUT2D eigenvalue weighted by atomic mass is 32.4. The van der Waals surface area contributed by atoms with E-state index in [-0.39, 0.29) is 6.16 Å². The van der Waals surface area contributed by atoms with Crippen molar-refractivity contribution >= 4 is 26.4 Å². The van der Waals surface area contributed by atoms with Crippen molar-refractivity contribution in [3.63, 3.8) is 0 Å². The van der Waals surface area contributed by atoms with Crippen LogP contribution in [0.2, 0.25) is 0 Å². The van der Waals surface area contributed by atoms with Crippen LogP contribution in [-0.4, -0.2) is 9.79 Å². The zero-order valence-electron chi connectivity index (χ0n) is 7.20. The summed E-state index contributed by atoms with van der Waals surface area (Å²) >= 11 is 4.81. The summed E-state index contributed by atoms with van der Waals surface area (Å²) in [6.45, 7) is 0. The highest BCUT2D eigenvalue weighted by molar-refractivity contribution is 8.11. The monoisotopic (exact) mass is 250 g/mol. The molecular weight excluding hydrogens is 240 g/mol. The second kappa shape index (κ2) is 5.08. The Bertz CT molecular complexity index is 370. The fourth-order valence-corrected chi connectivity index (χ4v) is 4.13. The molecule has 1 aromatic carbocycles. The Hall–Kier alpha value is -0.150. The SMILES string of the molecule is O=[P+](O)NP(O)(=S)Cc1ccccc1. The van der Waals surface area contributed by atoms with Gasteiger partial charge in [-0.25, -0.2) is 0 Å². The third kappa shape index (κ3) is 4.38. The molecule has 2 atom stereocenters. The molecule has 0 aliphatic rings. The first-order chi connectivity index (χ1) is 6.49. The third-order valence-corrected chi connectivity index (χ3v) is 5.33. The van der Waals surface area contributed by atoms with Crippen molar-refractivity contribution < 1.29 is 14.4 Å². The van der Waals surface area contributed by atoms with Crippen molar-refractivity contribution in [2.24, 2.45) is 0 Å². The normalized spacial score (nSPS) is 16.0. The zero-order chi connectivity index (χ0) is 10.6. The van der Waals surface area contributed by atoms with Gasteiger partial charge in [-0.1, -0.05) is 30.3 Å². The molecule has 1 aromatic rings. The van der Waals surface area contributed by atoms with Gasteiger partial charge in [-0.2, -0.15) is 0 Å². The maximum atomic E-state index is 10.4. The van der Waals surface area contributed by atoms with Crippen molar-refractivity contribution in [3.05, 3.63) is 35.9 Å². The van der Waals surface area contributed by atoms with E-state index in [1.807, 2.05) is 30.3 Å². The van der Waals surface area contributed by atoms with E-state index in [1.54, 1.807) is 0 Å². The minimum absolute atomic E-state index is 0.213. The van der Waals surface area contributed by atoms with Crippen molar-refractivity contribution in [1.82, 2.24) is 4.86 Å². The minimum Gasteiger partial charge on any atom is -0.351 e. The molecular formula is C7H10NO3P2S+. The van der Waals surface area contributed by atoms with Crippen LogP contribution in [0.3, 0.4) is 0 Å². The second-order valence-corrected chi connectivity index (χ2v) is 7.60. The van der Waals surface area contributed by atoms with Gasteiger partial charge in [0, 0.05) is 6.16 Å². The smallest absolute Gasteiger partial charge is 0.351 e. The number of benzene rings is 1. The van der Waals surface area contributed by atoms with E-state index in [9.17, 15) is 9.46 Å². The predicted octanol–water partition coefficient (Wildman–Crippen LogP) is 1.73. The Morgan fingerprint density at radius 1 is 1.43 bits per heavy atom. The zero-order valence-corrected chi connectivity index (χ0v) is 9.80. The van der Waals surface area contributed by atoms with Crippen LogP contribution in [0.4, 0.5) is 0 Å². The molecule has 0 saturated heterocycles. The van der Waals surface area contributed by atoms with Crippen molar-refractivity contribution in [3.8, 4) is 0 Å². The molecule has 0 aromatic heterocycles. The molecule has 0 heterocycles. The maximum absolute atomic E-state index is 10.4. The fourth-order valence-electron chi connectivity index (χ4n) is 1.000. The average Bonchev–Trinajstić information content (AvgIpc) is 2.02. The first-order valence-corrected chi connectivity index (χ1v) is 7.95. The van der Waals surface area contributed by atoms with Gasteiger partial charge < -0.3 is 4.89 Å². The van der Waals surface area contributed by atoms with E-state index in [2.05, 4.69) is 4.86 Å². The standard InChI is InChI=1S/C7H9NO3P2S/c9-12(10)8-13(11,14)6-7-4-2-1-3-5-7/h1-5H,6H2,(H2-,8,9,10,11,14)/p+1. The minimum atomic E-state index is -2.92. The molecule has 76 valence electrons. The van der Waals surface area contributed by atoms with Gasteiger partial charge >= 0.3 is 8.18 Å². The van der Waals surface area contributed by atoms with Crippen LogP contribution in [0.15, 0.2) is 30.3 Å². The van der Waals surface area contributed by atoms with Crippen LogP contribution >= 0.6 is 14.6 Å². The molecule has 0 spiro atoms. The molecule has 0 saturated carbocycles. The Morgan fingerprint density at radius 3 is 2.50 bits per heavy atom. The lowest BCUT2D eigenvalue weighted by Crippen LogP contribution is -2.01. The van der Waals surface area contributed by atoms with Gasteiger partial charge in [0.1, 0.15) is 0 Å². The summed E-state index contributed by atoms with van der Waals surface area (Å²) in [5, 5.41) is 0. The van der Waals surface area contributed by atoms with Crippen LogP contribution in [0.1, 0.15) is 5.56 Å². The van der Waals surface area contributed by atoms with E-state index in [1.165, 1.54) is 0 Å². The predicted molar refractivity (Wildman–Crippen MR) is 59.6 cm³/mol. The lowest BCUT2D eigenvalue weighted by Gasteiger charge is -2.08. The molecule has 0 amide bonds. The van der Waals surface area contributed by atoms with Crippen LogP contribution in [0.25, 0.3) is 0 Å². The number of rotatable bonds is 4. The summed E-state index contributed by atoms with van der Waals surface area (Å²) in [6.07, 6.45) is -2.71. The summed E-state index contributed by atoms with van der Waals surface area (Å²) in [7, 11) is -2.59. The van der Waals surface area contributed by atoms with Crippen LogP contribution in [-0.2, 0) is 22.5 Å². The first kappa shape index (κ1) is 11.9. The van der Waals surface area contributed by atoms with Crippen LogP contribution in [0, 0.1) is 0 Å². The van der Waals surface area contributed by atoms with Gasteiger partial charge in [-0.05, 0) is 26.8 Å². The maximum Gasteiger partial charge on any atom is 0.617 e. The van der Waals surface area contributed by atoms with Gasteiger partial charge in [0.15, 0.2) is 6.42 Å². The summed E-state index contributed by atoms with van der Waals surface area (Å²) in [4.78, 5) is 20.3. The summed E-state index contributed by atoms with van der Waals surface area (Å²) in [6, 6.07) is 9.12. The largest absolute Gasteiger partial charge is 0.617 e. The van der Waals surface area contributed by atoms with Gasteiger partial charge in [0.25, 0.3) is 0 Å². The molecule has 0 aliphatic carbocycles. The number of nitrogens with one attached hydrogen (secondary N) is 1. The first-order valence-electron chi connectivity index (χ1n) is 3.79. The quantitative estimate of drug-likeness (QED) is 0.710. The lowest BCUT2D eigenvalue weighted by atomic mass is 10.2.